The van der Waals surface area contributed by atoms with Crippen LogP contribution in [0.25, 0.3) is 0 Å². The predicted octanol–water partition coefficient (Wildman–Crippen LogP) is 1.25. The van der Waals surface area contributed by atoms with E-state index in [4.69, 9.17) is 0 Å². The van der Waals surface area contributed by atoms with Crippen molar-refractivity contribution < 1.29 is 23.5 Å². The van der Waals surface area contributed by atoms with Gasteiger partial charge in [-0.3, -0.25) is 9.59 Å². The maximum atomic E-state index is 12.9. The summed E-state index contributed by atoms with van der Waals surface area (Å²) in [6.07, 6.45) is 2.67. The molecule has 1 aliphatic carbocycles. The first kappa shape index (κ1) is 12.7. The van der Waals surface area contributed by atoms with Crippen LogP contribution in [0.2, 0.25) is 0 Å². The van der Waals surface area contributed by atoms with Gasteiger partial charge in [0.25, 0.3) is 0 Å². The van der Waals surface area contributed by atoms with Crippen molar-refractivity contribution in [2.75, 3.05) is 14.2 Å². The van der Waals surface area contributed by atoms with Crippen LogP contribution in [0.15, 0.2) is 12.2 Å². The number of alkyl halides is 1. The third-order valence-corrected chi connectivity index (χ3v) is 2.68. The highest BCUT2D eigenvalue weighted by Gasteiger charge is 2.36. The largest absolute Gasteiger partial charge is 0.468 e. The number of halogens is 1. The van der Waals surface area contributed by atoms with Crippen molar-refractivity contribution in [2.24, 2.45) is 11.8 Å². The van der Waals surface area contributed by atoms with E-state index < -0.39 is 24.0 Å². The van der Waals surface area contributed by atoms with Gasteiger partial charge in [-0.1, -0.05) is 12.2 Å². The molecule has 4 nitrogen and oxygen atoms in total. The summed E-state index contributed by atoms with van der Waals surface area (Å²) in [5.74, 6) is -2.61. The van der Waals surface area contributed by atoms with Gasteiger partial charge in [-0.2, -0.15) is 0 Å². The molecule has 1 rings (SSSR count). The van der Waals surface area contributed by atoms with Crippen molar-refractivity contribution in [3.8, 4) is 0 Å². The van der Waals surface area contributed by atoms with Crippen LogP contribution in [0.4, 0.5) is 4.39 Å². The van der Waals surface area contributed by atoms with Gasteiger partial charge in [-0.25, -0.2) is 4.39 Å². The molecule has 0 radical (unpaired) electrons. The molecule has 0 fully saturated rings. The van der Waals surface area contributed by atoms with Gasteiger partial charge in [0.05, 0.1) is 14.2 Å². The molecule has 0 aliphatic heterocycles. The number of allylic oxidation sites excluding steroid dienone is 2. The molecule has 0 saturated heterocycles. The van der Waals surface area contributed by atoms with Crippen molar-refractivity contribution in [1.82, 2.24) is 0 Å². The molecule has 0 N–H and O–H groups in total. The number of carbonyl (C=O) groups excluding carboxylic acids is 2. The highest BCUT2D eigenvalue weighted by atomic mass is 19.1. The zero-order valence-electron chi connectivity index (χ0n) is 9.31. The first-order valence-corrected chi connectivity index (χ1v) is 5.08. The molecule has 90 valence electrons. The number of rotatable bonds is 3. The van der Waals surface area contributed by atoms with E-state index >= 15 is 0 Å². The topological polar surface area (TPSA) is 52.6 Å². The second-order valence-corrected chi connectivity index (χ2v) is 3.67. The highest BCUT2D eigenvalue weighted by Crippen LogP contribution is 2.28. The summed E-state index contributed by atoms with van der Waals surface area (Å²) < 4.78 is 22.0. The van der Waals surface area contributed by atoms with Gasteiger partial charge in [-0.05, 0) is 12.8 Å². The predicted molar refractivity (Wildman–Crippen MR) is 54.3 cm³/mol. The van der Waals surface area contributed by atoms with Crippen molar-refractivity contribution in [3.63, 3.8) is 0 Å². The zero-order chi connectivity index (χ0) is 12.1. The molecule has 0 heterocycles. The monoisotopic (exact) mass is 230 g/mol. The van der Waals surface area contributed by atoms with E-state index in [1.165, 1.54) is 20.3 Å². The van der Waals surface area contributed by atoms with Gasteiger partial charge in [-0.15, -0.1) is 0 Å². The fourth-order valence-electron chi connectivity index (χ4n) is 1.78. The first-order valence-electron chi connectivity index (χ1n) is 5.08. The van der Waals surface area contributed by atoms with Crippen LogP contribution in [0, 0.1) is 11.8 Å². The summed E-state index contributed by atoms with van der Waals surface area (Å²) in [6, 6.07) is 0. The Labute approximate surface area is 93.4 Å². The minimum atomic E-state index is -0.993. The molecule has 0 spiro atoms. The summed E-state index contributed by atoms with van der Waals surface area (Å²) in [4.78, 5) is 22.9. The maximum absolute atomic E-state index is 12.9. The van der Waals surface area contributed by atoms with E-state index in [9.17, 15) is 14.0 Å². The fraction of sp³-hybridized carbons (Fsp3) is 0.636. The molecule has 1 aliphatic rings. The average Bonchev–Trinajstić information content (AvgIpc) is 2.31. The Balaban J connectivity index is 2.81. The Morgan fingerprint density at radius 3 is 2.12 bits per heavy atom. The Hall–Kier alpha value is -1.39. The quantitative estimate of drug-likeness (QED) is 0.416. The number of hydrogen-bond acceptors (Lipinski definition) is 4. The number of methoxy groups -OCH3 is 2. The van der Waals surface area contributed by atoms with E-state index in [0.717, 1.165) is 0 Å². The third kappa shape index (κ3) is 2.81. The molecule has 5 heteroatoms. The highest BCUT2D eigenvalue weighted by molar-refractivity contribution is 5.95. The lowest BCUT2D eigenvalue weighted by molar-refractivity contribution is -0.160. The van der Waals surface area contributed by atoms with Crippen LogP contribution >= 0.6 is 0 Å². The Kier molecular flexibility index (Phi) is 4.46. The fourth-order valence-corrected chi connectivity index (χ4v) is 1.78. The standard InChI is InChI=1S/C11H15FO4/c1-15-10(13)9(11(14)16-2)7-3-5-8(12)6-4-7/h3,5,7-9H,4,6H2,1-2H3/t7-,8-/m1/s1. The Morgan fingerprint density at radius 1 is 1.19 bits per heavy atom. The Bertz CT molecular complexity index is 284. The smallest absolute Gasteiger partial charge is 0.320 e. The van der Waals surface area contributed by atoms with Gasteiger partial charge in [0, 0.05) is 5.92 Å². The third-order valence-electron chi connectivity index (χ3n) is 2.68. The average molecular weight is 230 g/mol. The molecular weight excluding hydrogens is 215 g/mol. The van der Waals surface area contributed by atoms with E-state index in [1.54, 1.807) is 6.08 Å². The molecule has 16 heavy (non-hydrogen) atoms. The lowest BCUT2D eigenvalue weighted by Crippen LogP contribution is -2.34. The van der Waals surface area contributed by atoms with Gasteiger partial charge in [0.15, 0.2) is 5.92 Å². The summed E-state index contributed by atoms with van der Waals surface area (Å²) in [6.45, 7) is 0. The van der Waals surface area contributed by atoms with Gasteiger partial charge in [0.2, 0.25) is 0 Å². The molecule has 0 aromatic carbocycles. The lowest BCUT2D eigenvalue weighted by atomic mass is 9.84. The molecular formula is C11H15FO4. The second kappa shape index (κ2) is 5.63. The lowest BCUT2D eigenvalue weighted by Gasteiger charge is -2.23. The van der Waals surface area contributed by atoms with Crippen LogP contribution in [0.1, 0.15) is 12.8 Å². The van der Waals surface area contributed by atoms with E-state index in [-0.39, 0.29) is 5.92 Å². The van der Waals surface area contributed by atoms with Crippen LogP contribution in [0.3, 0.4) is 0 Å². The zero-order valence-corrected chi connectivity index (χ0v) is 9.31. The summed E-state index contributed by atoms with van der Waals surface area (Å²) in [5.41, 5.74) is 0. The van der Waals surface area contributed by atoms with Gasteiger partial charge < -0.3 is 9.47 Å². The normalized spacial score (nSPS) is 24.2. The van der Waals surface area contributed by atoms with Crippen LogP contribution < -0.4 is 0 Å². The van der Waals surface area contributed by atoms with E-state index in [2.05, 4.69) is 9.47 Å². The number of carbonyl (C=O) groups is 2. The molecule has 0 aromatic rings. The summed E-state index contributed by atoms with van der Waals surface area (Å²) in [5, 5.41) is 0. The van der Waals surface area contributed by atoms with Crippen LogP contribution in [-0.2, 0) is 19.1 Å². The molecule has 0 amide bonds. The molecule has 0 aromatic heterocycles. The van der Waals surface area contributed by atoms with Crippen LogP contribution in [-0.4, -0.2) is 32.3 Å². The molecule has 2 atom stereocenters. The number of hydrogen-bond donors (Lipinski definition) is 0. The maximum Gasteiger partial charge on any atom is 0.320 e. The van der Waals surface area contributed by atoms with E-state index in [1.807, 2.05) is 0 Å². The molecule has 0 saturated carbocycles. The van der Waals surface area contributed by atoms with Crippen molar-refractivity contribution >= 4 is 11.9 Å². The Morgan fingerprint density at radius 2 is 1.75 bits per heavy atom. The second-order valence-electron chi connectivity index (χ2n) is 3.67. The van der Waals surface area contributed by atoms with Crippen molar-refractivity contribution in [1.29, 1.82) is 0 Å². The SMILES string of the molecule is COC(=O)C(C(=O)OC)[C@@H]1C=C[C@@H](F)CC1. The van der Waals surface area contributed by atoms with Crippen molar-refractivity contribution in [2.45, 2.75) is 19.0 Å². The summed E-state index contributed by atoms with van der Waals surface area (Å²) >= 11 is 0. The molecule has 0 unspecified atom stereocenters. The summed E-state index contributed by atoms with van der Waals surface area (Å²) in [7, 11) is 2.42. The number of ether oxygens (including phenoxy) is 2. The van der Waals surface area contributed by atoms with Gasteiger partial charge in [0.1, 0.15) is 6.17 Å². The number of esters is 2. The first-order chi connectivity index (χ1) is 7.60. The minimum absolute atomic E-state index is 0.311. The van der Waals surface area contributed by atoms with Gasteiger partial charge >= 0.3 is 11.9 Å². The molecule has 0 bridgehead atoms. The van der Waals surface area contributed by atoms with Crippen molar-refractivity contribution in [3.05, 3.63) is 12.2 Å². The van der Waals surface area contributed by atoms with E-state index in [0.29, 0.717) is 12.8 Å². The van der Waals surface area contributed by atoms with Crippen LogP contribution in [0.5, 0.6) is 0 Å². The minimum Gasteiger partial charge on any atom is -0.468 e.